The first-order valence-electron chi connectivity index (χ1n) is 7.56. The zero-order valence-electron chi connectivity index (χ0n) is 12.5. The molecule has 3 rings (SSSR count). The number of rotatable bonds is 4. The molecule has 1 aromatic heterocycles. The van der Waals surface area contributed by atoms with E-state index in [9.17, 15) is 9.59 Å². The number of nitrogens with one attached hydrogen (secondary N) is 1. The third-order valence-corrected chi connectivity index (χ3v) is 4.22. The molecule has 1 aromatic carbocycles. The summed E-state index contributed by atoms with van der Waals surface area (Å²) in [6, 6.07) is 11.0. The first kappa shape index (κ1) is 15.8. The fourth-order valence-corrected chi connectivity index (χ4v) is 2.93. The molecule has 23 heavy (non-hydrogen) atoms. The van der Waals surface area contributed by atoms with E-state index in [4.69, 9.17) is 4.42 Å². The molecule has 0 unspecified atom stereocenters. The van der Waals surface area contributed by atoms with E-state index in [0.29, 0.717) is 17.6 Å². The van der Waals surface area contributed by atoms with Gasteiger partial charge in [-0.1, -0.05) is 12.1 Å². The average molecular weight is 377 g/mol. The SMILES string of the molecule is O=C(NCc1cccc(N2CCCCC2=O)c1)c1ccc(Br)o1. The largest absolute Gasteiger partial charge is 0.444 e. The molecule has 1 fully saturated rings. The van der Waals surface area contributed by atoms with Crippen LogP contribution in [0.3, 0.4) is 0 Å². The molecule has 0 radical (unpaired) electrons. The van der Waals surface area contributed by atoms with E-state index in [-0.39, 0.29) is 17.6 Å². The highest BCUT2D eigenvalue weighted by Gasteiger charge is 2.19. The quantitative estimate of drug-likeness (QED) is 0.887. The molecule has 2 heterocycles. The van der Waals surface area contributed by atoms with E-state index in [2.05, 4.69) is 21.2 Å². The summed E-state index contributed by atoms with van der Waals surface area (Å²) in [4.78, 5) is 25.8. The number of benzene rings is 1. The zero-order valence-corrected chi connectivity index (χ0v) is 14.1. The Hall–Kier alpha value is -2.08. The molecule has 0 aliphatic carbocycles. The highest BCUT2D eigenvalue weighted by atomic mass is 79.9. The Kier molecular flexibility index (Phi) is 4.81. The van der Waals surface area contributed by atoms with Gasteiger partial charge in [0.2, 0.25) is 5.91 Å². The van der Waals surface area contributed by atoms with Crippen molar-refractivity contribution >= 4 is 33.4 Å². The summed E-state index contributed by atoms with van der Waals surface area (Å²) in [6.45, 7) is 1.14. The van der Waals surface area contributed by atoms with Gasteiger partial charge < -0.3 is 14.6 Å². The molecule has 1 aliphatic heterocycles. The minimum atomic E-state index is -0.268. The van der Waals surface area contributed by atoms with Crippen molar-refractivity contribution in [2.75, 3.05) is 11.4 Å². The molecule has 2 amide bonds. The lowest BCUT2D eigenvalue weighted by atomic mass is 10.1. The molecule has 1 saturated heterocycles. The van der Waals surface area contributed by atoms with Crippen molar-refractivity contribution in [3.05, 3.63) is 52.4 Å². The van der Waals surface area contributed by atoms with Gasteiger partial charge in [0.1, 0.15) is 0 Å². The summed E-state index contributed by atoms with van der Waals surface area (Å²) in [5.74, 6) is 0.160. The van der Waals surface area contributed by atoms with Gasteiger partial charge in [0.15, 0.2) is 10.4 Å². The number of nitrogens with zero attached hydrogens (tertiary/aromatic N) is 1. The topological polar surface area (TPSA) is 62.6 Å². The molecular weight excluding hydrogens is 360 g/mol. The van der Waals surface area contributed by atoms with Crippen LogP contribution in [0.1, 0.15) is 35.4 Å². The molecule has 0 atom stereocenters. The van der Waals surface area contributed by atoms with Gasteiger partial charge in [-0.25, -0.2) is 0 Å². The first-order chi connectivity index (χ1) is 11.1. The molecule has 0 saturated carbocycles. The monoisotopic (exact) mass is 376 g/mol. The summed E-state index contributed by atoms with van der Waals surface area (Å²) in [6.07, 6.45) is 2.60. The second-order valence-electron chi connectivity index (χ2n) is 5.46. The van der Waals surface area contributed by atoms with E-state index in [0.717, 1.165) is 30.6 Å². The summed E-state index contributed by atoms with van der Waals surface area (Å²) < 4.78 is 5.74. The van der Waals surface area contributed by atoms with Crippen LogP contribution in [0.15, 0.2) is 45.5 Å². The van der Waals surface area contributed by atoms with Crippen molar-refractivity contribution in [2.45, 2.75) is 25.8 Å². The van der Waals surface area contributed by atoms with Gasteiger partial charge in [-0.05, 0) is 58.6 Å². The molecule has 2 aromatic rings. The Morgan fingerprint density at radius 1 is 1.26 bits per heavy atom. The van der Waals surface area contributed by atoms with Crippen LogP contribution in [0.2, 0.25) is 0 Å². The van der Waals surface area contributed by atoms with Gasteiger partial charge in [0, 0.05) is 25.2 Å². The molecule has 0 bridgehead atoms. The van der Waals surface area contributed by atoms with Crippen molar-refractivity contribution in [3.63, 3.8) is 0 Å². The Labute approximate surface area is 142 Å². The van der Waals surface area contributed by atoms with Crippen molar-refractivity contribution < 1.29 is 14.0 Å². The van der Waals surface area contributed by atoms with Crippen molar-refractivity contribution in [3.8, 4) is 0 Å². The minimum Gasteiger partial charge on any atom is -0.444 e. The van der Waals surface area contributed by atoms with Crippen LogP contribution in [-0.4, -0.2) is 18.4 Å². The number of hydrogen-bond acceptors (Lipinski definition) is 3. The van der Waals surface area contributed by atoms with Crippen LogP contribution in [0.5, 0.6) is 0 Å². The molecule has 1 N–H and O–H groups in total. The third kappa shape index (κ3) is 3.82. The molecule has 5 nitrogen and oxygen atoms in total. The van der Waals surface area contributed by atoms with Gasteiger partial charge in [0.25, 0.3) is 5.91 Å². The highest BCUT2D eigenvalue weighted by Crippen LogP contribution is 2.22. The van der Waals surface area contributed by atoms with Gasteiger partial charge >= 0.3 is 0 Å². The van der Waals surface area contributed by atoms with Crippen LogP contribution in [0.4, 0.5) is 5.69 Å². The maximum absolute atomic E-state index is 12.0. The lowest BCUT2D eigenvalue weighted by Crippen LogP contribution is -2.35. The number of hydrogen-bond donors (Lipinski definition) is 1. The van der Waals surface area contributed by atoms with Crippen molar-refractivity contribution in [2.24, 2.45) is 0 Å². The fraction of sp³-hybridized carbons (Fsp3) is 0.294. The van der Waals surface area contributed by atoms with Crippen LogP contribution < -0.4 is 10.2 Å². The number of anilines is 1. The smallest absolute Gasteiger partial charge is 0.287 e. The second-order valence-corrected chi connectivity index (χ2v) is 6.24. The summed E-state index contributed by atoms with van der Waals surface area (Å²) in [7, 11) is 0. The highest BCUT2D eigenvalue weighted by molar-refractivity contribution is 9.10. The predicted molar refractivity (Wildman–Crippen MR) is 90.2 cm³/mol. The van der Waals surface area contributed by atoms with E-state index >= 15 is 0 Å². The van der Waals surface area contributed by atoms with Crippen LogP contribution in [0.25, 0.3) is 0 Å². The maximum Gasteiger partial charge on any atom is 0.287 e. The van der Waals surface area contributed by atoms with E-state index in [1.807, 2.05) is 29.2 Å². The summed E-state index contributed by atoms with van der Waals surface area (Å²) in [5.41, 5.74) is 1.84. The van der Waals surface area contributed by atoms with Gasteiger partial charge in [-0.2, -0.15) is 0 Å². The van der Waals surface area contributed by atoms with Crippen LogP contribution in [-0.2, 0) is 11.3 Å². The summed E-state index contributed by atoms with van der Waals surface area (Å²) >= 11 is 3.17. The van der Waals surface area contributed by atoms with E-state index in [1.54, 1.807) is 12.1 Å². The Bertz CT molecular complexity index is 726. The lowest BCUT2D eigenvalue weighted by molar-refractivity contribution is -0.119. The van der Waals surface area contributed by atoms with Crippen molar-refractivity contribution in [1.82, 2.24) is 5.32 Å². The Morgan fingerprint density at radius 2 is 2.13 bits per heavy atom. The average Bonchev–Trinajstić information content (AvgIpc) is 3.00. The fourth-order valence-electron chi connectivity index (χ4n) is 2.62. The number of piperidine rings is 1. The first-order valence-corrected chi connectivity index (χ1v) is 8.35. The second kappa shape index (κ2) is 7.00. The van der Waals surface area contributed by atoms with Gasteiger partial charge in [0.05, 0.1) is 0 Å². The molecule has 6 heteroatoms. The van der Waals surface area contributed by atoms with E-state index in [1.165, 1.54) is 0 Å². The van der Waals surface area contributed by atoms with Crippen molar-refractivity contribution in [1.29, 1.82) is 0 Å². The zero-order chi connectivity index (χ0) is 16.2. The maximum atomic E-state index is 12.0. The predicted octanol–water partition coefficient (Wildman–Crippen LogP) is 3.49. The molecular formula is C17H17BrN2O3. The van der Waals surface area contributed by atoms with Crippen LogP contribution >= 0.6 is 15.9 Å². The molecule has 120 valence electrons. The third-order valence-electron chi connectivity index (χ3n) is 3.80. The summed E-state index contributed by atoms with van der Waals surface area (Å²) in [5, 5.41) is 2.81. The number of carbonyl (C=O) groups is 2. The lowest BCUT2D eigenvalue weighted by Gasteiger charge is -2.27. The standard InChI is InChI=1S/C17H17BrN2O3/c18-15-8-7-14(23-15)17(22)19-11-12-4-3-5-13(10-12)20-9-2-1-6-16(20)21/h3-5,7-8,10H,1-2,6,9,11H2,(H,19,22). The number of amides is 2. The number of furan rings is 1. The normalized spacial score (nSPS) is 14.8. The Morgan fingerprint density at radius 3 is 2.87 bits per heavy atom. The van der Waals surface area contributed by atoms with Crippen LogP contribution in [0, 0.1) is 0 Å². The minimum absolute atomic E-state index is 0.165. The number of carbonyl (C=O) groups excluding carboxylic acids is 2. The van der Waals surface area contributed by atoms with E-state index < -0.39 is 0 Å². The Balaban J connectivity index is 1.65. The van der Waals surface area contributed by atoms with Gasteiger partial charge in [-0.15, -0.1) is 0 Å². The molecule has 0 spiro atoms. The van der Waals surface area contributed by atoms with Gasteiger partial charge in [-0.3, -0.25) is 9.59 Å². The number of halogens is 1. The molecule has 1 aliphatic rings.